The largest absolute Gasteiger partial charge is 0.478 e. The molecule has 3 N–H and O–H groups in total. The number of anilines is 1. The van der Waals surface area contributed by atoms with Crippen molar-refractivity contribution in [3.63, 3.8) is 0 Å². The molecule has 0 unspecified atom stereocenters. The van der Waals surface area contributed by atoms with Gasteiger partial charge in [-0.15, -0.1) is 0 Å². The first-order valence-electron chi connectivity index (χ1n) is 5.97. The van der Waals surface area contributed by atoms with E-state index in [1.807, 2.05) is 0 Å². The number of benzene rings is 1. The summed E-state index contributed by atoms with van der Waals surface area (Å²) in [7, 11) is 1.48. The Morgan fingerprint density at radius 1 is 1.43 bits per heavy atom. The summed E-state index contributed by atoms with van der Waals surface area (Å²) in [5.41, 5.74) is -0.870. The number of hydrogen-bond acceptors (Lipinski definition) is 6. The summed E-state index contributed by atoms with van der Waals surface area (Å²) in [6.07, 6.45) is 0. The summed E-state index contributed by atoms with van der Waals surface area (Å²) in [4.78, 5) is 32.8. The minimum Gasteiger partial charge on any atom is -0.478 e. The molecule has 9 nitrogen and oxygen atoms in total. The minimum absolute atomic E-state index is 0.197. The Labute approximate surface area is 120 Å². The monoisotopic (exact) mass is 297 g/mol. The first-order chi connectivity index (χ1) is 9.97. The number of nitrogens with one attached hydrogen (secondary N) is 2. The van der Waals surface area contributed by atoms with Gasteiger partial charge >= 0.3 is 5.97 Å². The van der Waals surface area contributed by atoms with Crippen LogP contribution in [0.25, 0.3) is 0 Å². The molecule has 0 saturated heterocycles. The Kier molecular flexibility index (Phi) is 6.08. The number of carbonyl (C=O) groups excluding carboxylic acids is 1. The number of para-hydroxylation sites is 1. The third kappa shape index (κ3) is 4.73. The van der Waals surface area contributed by atoms with Crippen molar-refractivity contribution in [3.8, 4) is 0 Å². The molecule has 1 rings (SSSR count). The van der Waals surface area contributed by atoms with Gasteiger partial charge < -0.3 is 20.5 Å². The van der Waals surface area contributed by atoms with E-state index < -0.39 is 22.5 Å². The maximum absolute atomic E-state index is 11.5. The van der Waals surface area contributed by atoms with E-state index in [0.717, 1.165) is 6.07 Å². The lowest BCUT2D eigenvalue weighted by Gasteiger charge is -2.10. The van der Waals surface area contributed by atoms with E-state index in [0.29, 0.717) is 13.2 Å². The zero-order valence-corrected chi connectivity index (χ0v) is 11.3. The van der Waals surface area contributed by atoms with Crippen molar-refractivity contribution in [3.05, 3.63) is 33.9 Å². The molecule has 1 aromatic rings. The molecule has 9 heteroatoms. The smallest absolute Gasteiger partial charge is 0.338 e. The zero-order valence-electron chi connectivity index (χ0n) is 11.3. The summed E-state index contributed by atoms with van der Waals surface area (Å²) in [6, 6.07) is 3.66. The molecule has 0 aliphatic carbocycles. The maximum atomic E-state index is 11.5. The van der Waals surface area contributed by atoms with Crippen molar-refractivity contribution >= 4 is 23.3 Å². The fourth-order valence-corrected chi connectivity index (χ4v) is 1.58. The number of carboxylic acids is 1. The second kappa shape index (κ2) is 7.80. The Morgan fingerprint density at radius 3 is 2.71 bits per heavy atom. The Hall–Kier alpha value is -2.68. The van der Waals surface area contributed by atoms with Gasteiger partial charge in [0.05, 0.1) is 23.6 Å². The molecule has 0 bridgehead atoms. The highest BCUT2D eigenvalue weighted by molar-refractivity contribution is 5.97. The van der Waals surface area contributed by atoms with Gasteiger partial charge in [-0.3, -0.25) is 14.9 Å². The van der Waals surface area contributed by atoms with Crippen molar-refractivity contribution in [1.82, 2.24) is 5.32 Å². The van der Waals surface area contributed by atoms with Crippen LogP contribution >= 0.6 is 0 Å². The van der Waals surface area contributed by atoms with E-state index in [-0.39, 0.29) is 17.8 Å². The van der Waals surface area contributed by atoms with Gasteiger partial charge in [0.25, 0.3) is 5.69 Å². The highest BCUT2D eigenvalue weighted by Gasteiger charge is 2.21. The lowest BCUT2D eigenvalue weighted by Crippen LogP contribution is -2.32. The second-order valence-electron chi connectivity index (χ2n) is 3.96. The molecule has 0 spiro atoms. The number of nitro benzene ring substituents is 1. The van der Waals surface area contributed by atoms with E-state index >= 15 is 0 Å². The number of carboxylic acid groups (broad SMARTS) is 1. The van der Waals surface area contributed by atoms with Gasteiger partial charge in [0.15, 0.2) is 0 Å². The first kappa shape index (κ1) is 16.4. The average Bonchev–Trinajstić information content (AvgIpc) is 2.44. The van der Waals surface area contributed by atoms with Crippen LogP contribution in [0.15, 0.2) is 18.2 Å². The predicted octanol–water partition coefficient (Wildman–Crippen LogP) is 0.467. The Morgan fingerprint density at radius 2 is 2.14 bits per heavy atom. The molecule has 0 heterocycles. The first-order valence-corrected chi connectivity index (χ1v) is 5.97. The van der Waals surface area contributed by atoms with Crippen molar-refractivity contribution in [2.75, 3.05) is 32.1 Å². The van der Waals surface area contributed by atoms with E-state index in [9.17, 15) is 19.7 Å². The van der Waals surface area contributed by atoms with Gasteiger partial charge in [-0.1, -0.05) is 6.07 Å². The lowest BCUT2D eigenvalue weighted by atomic mass is 10.1. The van der Waals surface area contributed by atoms with Gasteiger partial charge in [-0.2, -0.15) is 0 Å². The van der Waals surface area contributed by atoms with Crippen molar-refractivity contribution in [2.45, 2.75) is 0 Å². The molecule has 0 radical (unpaired) electrons. The molecule has 0 fully saturated rings. The maximum Gasteiger partial charge on any atom is 0.338 e. The van der Waals surface area contributed by atoms with Crippen LogP contribution in [0, 0.1) is 10.1 Å². The Balaban J connectivity index is 2.83. The van der Waals surface area contributed by atoms with Crippen LogP contribution < -0.4 is 10.6 Å². The fraction of sp³-hybridized carbons (Fsp3) is 0.333. The number of aromatic carboxylic acids is 1. The van der Waals surface area contributed by atoms with Crippen molar-refractivity contribution in [2.24, 2.45) is 0 Å². The Bertz CT molecular complexity index is 514. The summed E-state index contributed by atoms with van der Waals surface area (Å²) in [5, 5.41) is 24.9. The van der Waals surface area contributed by atoms with Gasteiger partial charge in [0, 0.05) is 19.7 Å². The number of hydrogen-bond donors (Lipinski definition) is 3. The van der Waals surface area contributed by atoms with E-state index in [1.165, 1.54) is 19.2 Å². The molecule has 1 amide bonds. The molecule has 114 valence electrons. The van der Waals surface area contributed by atoms with Crippen molar-refractivity contribution < 1.29 is 24.4 Å². The molecular formula is C12H15N3O6. The molecule has 0 aliphatic heterocycles. The van der Waals surface area contributed by atoms with E-state index in [1.54, 1.807) is 0 Å². The summed E-state index contributed by atoms with van der Waals surface area (Å²) >= 11 is 0. The molecule has 0 atom stereocenters. The third-order valence-corrected chi connectivity index (χ3v) is 2.52. The van der Waals surface area contributed by atoms with Gasteiger partial charge in [-0.05, 0) is 6.07 Å². The predicted molar refractivity (Wildman–Crippen MR) is 73.4 cm³/mol. The van der Waals surface area contributed by atoms with E-state index in [4.69, 9.17) is 9.84 Å². The third-order valence-electron chi connectivity index (χ3n) is 2.52. The second-order valence-corrected chi connectivity index (χ2v) is 3.96. The summed E-state index contributed by atoms with van der Waals surface area (Å²) in [6.45, 7) is 0.339. The average molecular weight is 297 g/mol. The standard InChI is InChI=1S/C12H15N3O6/c1-21-6-5-13-10(16)7-14-11-8(12(17)18)3-2-4-9(11)15(19)20/h2-4,14H,5-7H2,1H3,(H,13,16)(H,17,18). The highest BCUT2D eigenvalue weighted by atomic mass is 16.6. The molecule has 0 saturated carbocycles. The number of ether oxygens (including phenoxy) is 1. The fourth-order valence-electron chi connectivity index (χ4n) is 1.58. The summed E-state index contributed by atoms with van der Waals surface area (Å²) in [5.74, 6) is -1.75. The number of rotatable bonds is 8. The van der Waals surface area contributed by atoms with Crippen LogP contribution in [0.2, 0.25) is 0 Å². The van der Waals surface area contributed by atoms with Crippen LogP contribution in [-0.2, 0) is 9.53 Å². The van der Waals surface area contributed by atoms with E-state index in [2.05, 4.69) is 10.6 Å². The van der Waals surface area contributed by atoms with Crippen LogP contribution in [0.4, 0.5) is 11.4 Å². The van der Waals surface area contributed by atoms with Crippen LogP contribution in [0.3, 0.4) is 0 Å². The summed E-state index contributed by atoms with van der Waals surface area (Å²) < 4.78 is 4.75. The van der Waals surface area contributed by atoms with Gasteiger partial charge in [0.1, 0.15) is 5.69 Å². The molecule has 1 aromatic carbocycles. The number of amides is 1. The number of nitrogens with zero attached hydrogens (tertiary/aromatic N) is 1. The van der Waals surface area contributed by atoms with Crippen LogP contribution in [0.5, 0.6) is 0 Å². The van der Waals surface area contributed by atoms with Crippen LogP contribution in [-0.4, -0.2) is 48.7 Å². The SMILES string of the molecule is COCCNC(=O)CNc1c(C(=O)O)cccc1[N+](=O)[O-]. The van der Waals surface area contributed by atoms with Gasteiger partial charge in [-0.25, -0.2) is 4.79 Å². The zero-order chi connectivity index (χ0) is 15.8. The quantitative estimate of drug-likeness (QED) is 0.361. The number of carbonyl (C=O) groups is 2. The molecule has 21 heavy (non-hydrogen) atoms. The normalized spacial score (nSPS) is 9.95. The molecule has 0 aromatic heterocycles. The lowest BCUT2D eigenvalue weighted by molar-refractivity contribution is -0.384. The number of nitro groups is 1. The molecule has 0 aliphatic rings. The van der Waals surface area contributed by atoms with Crippen LogP contribution in [0.1, 0.15) is 10.4 Å². The van der Waals surface area contributed by atoms with Gasteiger partial charge in [0.2, 0.25) is 5.91 Å². The highest BCUT2D eigenvalue weighted by Crippen LogP contribution is 2.28. The molecular weight excluding hydrogens is 282 g/mol. The topological polar surface area (TPSA) is 131 Å². The van der Waals surface area contributed by atoms with Crippen molar-refractivity contribution in [1.29, 1.82) is 0 Å². The number of methoxy groups -OCH3 is 1. The minimum atomic E-state index is -1.32.